The van der Waals surface area contributed by atoms with Crippen LogP contribution in [0.5, 0.6) is 0 Å². The predicted molar refractivity (Wildman–Crippen MR) is 89.1 cm³/mol. The van der Waals surface area contributed by atoms with Gasteiger partial charge in [0.05, 0.1) is 12.1 Å². The van der Waals surface area contributed by atoms with Crippen LogP contribution < -0.4 is 5.32 Å². The van der Waals surface area contributed by atoms with Gasteiger partial charge in [0.25, 0.3) is 0 Å². The summed E-state index contributed by atoms with van der Waals surface area (Å²) in [6, 6.07) is 10.0. The SMILES string of the molecule is CC[C@H](CNC(=O)Cc1c(C)nn(C(F)F)c1C)c1ccccc1. The van der Waals surface area contributed by atoms with Gasteiger partial charge < -0.3 is 5.32 Å². The number of nitrogens with zero attached hydrogens (tertiary/aromatic N) is 2. The van der Waals surface area contributed by atoms with Crippen molar-refractivity contribution in [1.29, 1.82) is 0 Å². The highest BCUT2D eigenvalue weighted by Gasteiger charge is 2.19. The summed E-state index contributed by atoms with van der Waals surface area (Å²) in [5.74, 6) is 0.0607. The van der Waals surface area contributed by atoms with Gasteiger partial charge in [-0.15, -0.1) is 0 Å². The molecule has 0 saturated carbocycles. The molecule has 1 heterocycles. The molecule has 0 aliphatic carbocycles. The van der Waals surface area contributed by atoms with Crippen LogP contribution in [-0.2, 0) is 11.2 Å². The molecule has 0 aliphatic heterocycles. The highest BCUT2D eigenvalue weighted by molar-refractivity contribution is 5.79. The van der Waals surface area contributed by atoms with Crippen LogP contribution >= 0.6 is 0 Å². The number of carbonyl (C=O) groups excluding carboxylic acids is 1. The van der Waals surface area contributed by atoms with Crippen molar-refractivity contribution in [3.05, 3.63) is 52.8 Å². The molecule has 4 nitrogen and oxygen atoms in total. The van der Waals surface area contributed by atoms with Gasteiger partial charge in [-0.1, -0.05) is 37.3 Å². The van der Waals surface area contributed by atoms with Gasteiger partial charge in [0.15, 0.2) is 0 Å². The van der Waals surface area contributed by atoms with Crippen molar-refractivity contribution in [1.82, 2.24) is 15.1 Å². The summed E-state index contributed by atoms with van der Waals surface area (Å²) in [5, 5.41) is 6.72. The topological polar surface area (TPSA) is 46.9 Å². The van der Waals surface area contributed by atoms with E-state index in [1.807, 2.05) is 30.3 Å². The monoisotopic (exact) mass is 335 g/mol. The number of aromatic nitrogens is 2. The Morgan fingerprint density at radius 2 is 1.92 bits per heavy atom. The predicted octanol–water partition coefficient (Wildman–Crippen LogP) is 3.75. The first-order chi connectivity index (χ1) is 11.4. The number of rotatable bonds is 7. The van der Waals surface area contributed by atoms with E-state index in [1.165, 1.54) is 5.56 Å². The number of aryl methyl sites for hydroxylation is 1. The Morgan fingerprint density at radius 3 is 2.46 bits per heavy atom. The smallest absolute Gasteiger partial charge is 0.333 e. The summed E-state index contributed by atoms with van der Waals surface area (Å²) in [7, 11) is 0. The highest BCUT2D eigenvalue weighted by Crippen LogP contribution is 2.20. The maximum atomic E-state index is 12.8. The van der Waals surface area contributed by atoms with Crippen LogP contribution in [0.3, 0.4) is 0 Å². The van der Waals surface area contributed by atoms with Crippen molar-refractivity contribution in [3.63, 3.8) is 0 Å². The van der Waals surface area contributed by atoms with E-state index in [9.17, 15) is 13.6 Å². The molecule has 1 amide bonds. The summed E-state index contributed by atoms with van der Waals surface area (Å²) < 4.78 is 26.4. The third kappa shape index (κ3) is 4.19. The molecule has 1 atom stereocenters. The minimum atomic E-state index is -2.69. The second-order valence-corrected chi connectivity index (χ2v) is 5.87. The minimum Gasteiger partial charge on any atom is -0.355 e. The zero-order valence-electron chi connectivity index (χ0n) is 14.2. The molecule has 1 aromatic heterocycles. The van der Waals surface area contributed by atoms with Crippen molar-refractivity contribution in [2.75, 3.05) is 6.54 Å². The Morgan fingerprint density at radius 1 is 1.25 bits per heavy atom. The van der Waals surface area contributed by atoms with Gasteiger partial charge >= 0.3 is 6.55 Å². The number of benzene rings is 1. The van der Waals surface area contributed by atoms with Crippen LogP contribution in [-0.4, -0.2) is 22.2 Å². The number of alkyl halides is 2. The van der Waals surface area contributed by atoms with E-state index in [-0.39, 0.29) is 18.2 Å². The van der Waals surface area contributed by atoms with Crippen LogP contribution in [0.4, 0.5) is 8.78 Å². The van der Waals surface area contributed by atoms with Gasteiger partial charge in [-0.05, 0) is 25.8 Å². The first-order valence-corrected chi connectivity index (χ1v) is 8.08. The van der Waals surface area contributed by atoms with E-state index >= 15 is 0 Å². The first-order valence-electron chi connectivity index (χ1n) is 8.08. The van der Waals surface area contributed by atoms with Crippen LogP contribution in [0, 0.1) is 13.8 Å². The molecule has 0 radical (unpaired) electrons. The van der Waals surface area contributed by atoms with E-state index in [0.717, 1.165) is 6.42 Å². The highest BCUT2D eigenvalue weighted by atomic mass is 19.3. The Balaban J connectivity index is 1.99. The van der Waals surface area contributed by atoms with E-state index in [0.29, 0.717) is 28.2 Å². The molecule has 0 saturated heterocycles. The fourth-order valence-electron chi connectivity index (χ4n) is 2.83. The fraction of sp³-hybridized carbons (Fsp3) is 0.444. The molecule has 0 fully saturated rings. The van der Waals surface area contributed by atoms with E-state index in [1.54, 1.807) is 13.8 Å². The molecule has 0 unspecified atom stereocenters. The number of carbonyl (C=O) groups is 1. The molecule has 0 aliphatic rings. The number of halogens is 2. The number of hydrogen-bond donors (Lipinski definition) is 1. The third-order valence-electron chi connectivity index (χ3n) is 4.31. The lowest BCUT2D eigenvalue weighted by atomic mass is 9.96. The first kappa shape index (κ1) is 18.1. The Labute approximate surface area is 140 Å². The largest absolute Gasteiger partial charge is 0.355 e. The van der Waals surface area contributed by atoms with Crippen LogP contribution in [0.25, 0.3) is 0 Å². The molecule has 130 valence electrons. The maximum absolute atomic E-state index is 12.8. The minimum absolute atomic E-state index is 0.0651. The maximum Gasteiger partial charge on any atom is 0.333 e. The molecule has 2 aromatic rings. The second-order valence-electron chi connectivity index (χ2n) is 5.87. The van der Waals surface area contributed by atoms with E-state index in [4.69, 9.17) is 0 Å². The summed E-state index contributed by atoms with van der Waals surface area (Å²) in [6.07, 6.45) is 0.973. The standard InChI is InChI=1S/C18H23F2N3O/c1-4-14(15-8-6-5-7-9-15)11-21-17(24)10-16-12(2)22-23(13(16)3)18(19)20/h5-9,14,18H,4,10-11H2,1-3H3,(H,21,24)/t14-/m1/s1. The number of nitrogens with one attached hydrogen (secondary N) is 1. The van der Waals surface area contributed by atoms with Gasteiger partial charge in [-0.25, -0.2) is 4.68 Å². The second kappa shape index (κ2) is 8.04. The molecule has 0 bridgehead atoms. The average Bonchev–Trinajstić information content (AvgIpc) is 2.85. The molecule has 1 N–H and O–H groups in total. The zero-order chi connectivity index (χ0) is 17.7. The van der Waals surface area contributed by atoms with Gasteiger partial charge in [0.1, 0.15) is 0 Å². The lowest BCUT2D eigenvalue weighted by Crippen LogP contribution is -2.29. The summed E-state index contributed by atoms with van der Waals surface area (Å²) in [5.41, 5.74) is 2.56. The van der Waals surface area contributed by atoms with Gasteiger partial charge in [0, 0.05) is 23.7 Å². The van der Waals surface area contributed by atoms with Crippen LogP contribution in [0.2, 0.25) is 0 Å². The van der Waals surface area contributed by atoms with Crippen molar-refractivity contribution < 1.29 is 13.6 Å². The number of amides is 1. The number of hydrogen-bond acceptors (Lipinski definition) is 2. The van der Waals surface area contributed by atoms with Crippen molar-refractivity contribution >= 4 is 5.91 Å². The molecular weight excluding hydrogens is 312 g/mol. The van der Waals surface area contributed by atoms with Crippen LogP contribution in [0.15, 0.2) is 30.3 Å². The Hall–Kier alpha value is -2.24. The average molecular weight is 335 g/mol. The summed E-state index contributed by atoms with van der Waals surface area (Å²) >= 11 is 0. The van der Waals surface area contributed by atoms with Crippen molar-refractivity contribution in [2.24, 2.45) is 0 Å². The Bertz CT molecular complexity index is 683. The molecule has 0 spiro atoms. The molecule has 1 aromatic carbocycles. The lowest BCUT2D eigenvalue weighted by Gasteiger charge is -2.16. The Kier molecular flexibility index (Phi) is 6.06. The van der Waals surface area contributed by atoms with Crippen molar-refractivity contribution in [3.8, 4) is 0 Å². The molecular formula is C18H23F2N3O. The van der Waals surface area contributed by atoms with Crippen LogP contribution in [0.1, 0.15) is 48.3 Å². The molecule has 24 heavy (non-hydrogen) atoms. The van der Waals surface area contributed by atoms with Gasteiger partial charge in [-0.3, -0.25) is 4.79 Å². The van der Waals surface area contributed by atoms with E-state index < -0.39 is 6.55 Å². The zero-order valence-corrected chi connectivity index (χ0v) is 14.2. The summed E-state index contributed by atoms with van der Waals surface area (Å²) in [6.45, 7) is 3.12. The third-order valence-corrected chi connectivity index (χ3v) is 4.31. The fourth-order valence-corrected chi connectivity index (χ4v) is 2.83. The van der Waals surface area contributed by atoms with Crippen molar-refractivity contribution in [2.45, 2.75) is 46.1 Å². The van der Waals surface area contributed by atoms with Gasteiger partial charge in [0.2, 0.25) is 5.91 Å². The van der Waals surface area contributed by atoms with Gasteiger partial charge in [-0.2, -0.15) is 13.9 Å². The van der Waals surface area contributed by atoms with E-state index in [2.05, 4.69) is 17.3 Å². The quantitative estimate of drug-likeness (QED) is 0.838. The molecule has 2 rings (SSSR count). The lowest BCUT2D eigenvalue weighted by molar-refractivity contribution is -0.120. The summed E-state index contributed by atoms with van der Waals surface area (Å²) in [4.78, 5) is 12.2. The normalized spacial score (nSPS) is 12.4. The molecule has 6 heteroatoms.